The maximum Gasteiger partial charge on any atom is 0.322 e. The number of ether oxygens (including phenoxy) is 1. The van der Waals surface area contributed by atoms with Crippen molar-refractivity contribution in [2.75, 3.05) is 36.5 Å². The van der Waals surface area contributed by atoms with E-state index >= 15 is 0 Å². The molecule has 210 valence electrons. The molecule has 3 fully saturated rings. The molecule has 3 aromatic rings. The third kappa shape index (κ3) is 4.92. The van der Waals surface area contributed by atoms with Crippen molar-refractivity contribution in [3.05, 3.63) is 18.5 Å². The molecule has 1 aliphatic carbocycles. The highest BCUT2D eigenvalue weighted by Gasteiger charge is 2.57. The molecule has 1 saturated carbocycles. The van der Waals surface area contributed by atoms with Crippen LogP contribution < -0.4 is 10.2 Å². The van der Waals surface area contributed by atoms with Crippen LogP contribution in [-0.2, 0) is 11.3 Å². The molecular formula is C26H33F3N8O2. The number of rotatable bonds is 7. The standard InChI is InChI=1S/C26H33F3N8O2/c1-4-39-16-12-35(13-16)22-17-10-30-18(9-20(17)37(34-22)14-24(2,3)27)21-19(11-31-33-21)32-23(38)36-15-26(28,29)8-7-25(36)5-6-25/h9-11,16H,4-8,12-15H2,1-3H3,(H,31,33)(H,32,38). The van der Waals surface area contributed by atoms with Gasteiger partial charge < -0.3 is 19.9 Å². The Morgan fingerprint density at radius 2 is 1.97 bits per heavy atom. The number of H-pyrrole nitrogens is 1. The van der Waals surface area contributed by atoms with Gasteiger partial charge in [-0.1, -0.05) is 0 Å². The lowest BCUT2D eigenvalue weighted by Gasteiger charge is -2.40. The number of aromatic nitrogens is 5. The molecular weight excluding hydrogens is 513 g/mol. The van der Waals surface area contributed by atoms with Crippen molar-refractivity contribution < 1.29 is 22.7 Å². The lowest BCUT2D eigenvalue weighted by atomic mass is 9.97. The second-order valence-electron chi connectivity index (χ2n) is 11.5. The molecule has 2 N–H and O–H groups in total. The molecule has 13 heteroatoms. The smallest absolute Gasteiger partial charge is 0.322 e. The Morgan fingerprint density at radius 3 is 2.67 bits per heavy atom. The Hall–Kier alpha value is -3.35. The van der Waals surface area contributed by atoms with Crippen LogP contribution in [0.25, 0.3) is 22.3 Å². The third-order valence-electron chi connectivity index (χ3n) is 7.82. The van der Waals surface area contributed by atoms with E-state index in [-0.39, 0.29) is 19.1 Å². The zero-order chi connectivity index (χ0) is 27.6. The summed E-state index contributed by atoms with van der Waals surface area (Å²) in [5, 5.41) is 15.2. The molecule has 0 bridgehead atoms. The van der Waals surface area contributed by atoms with Gasteiger partial charge in [-0.05, 0) is 46.1 Å². The SMILES string of the molecule is CCOC1CN(c2nn(CC(C)(C)F)c3cc(-c4[nH]ncc4NC(=O)N4CC(F)(F)CCC45CC5)ncc23)C1. The Kier molecular flexibility index (Phi) is 6.05. The van der Waals surface area contributed by atoms with E-state index in [1.54, 1.807) is 16.9 Å². The Bertz CT molecular complexity index is 1390. The molecule has 6 rings (SSSR count). The fourth-order valence-electron chi connectivity index (χ4n) is 5.59. The summed E-state index contributed by atoms with van der Waals surface area (Å²) in [4.78, 5) is 21.1. The normalized spacial score (nSPS) is 20.5. The largest absolute Gasteiger partial charge is 0.375 e. The monoisotopic (exact) mass is 546 g/mol. The van der Waals surface area contributed by atoms with Crippen LogP contribution in [-0.4, -0.2) is 85.4 Å². The summed E-state index contributed by atoms with van der Waals surface area (Å²) >= 11 is 0. The van der Waals surface area contributed by atoms with Crippen LogP contribution in [0, 0.1) is 0 Å². The molecule has 2 amide bonds. The fourth-order valence-corrected chi connectivity index (χ4v) is 5.59. The summed E-state index contributed by atoms with van der Waals surface area (Å²) in [5.41, 5.74) is -0.0951. The minimum absolute atomic E-state index is 0.0352. The lowest BCUT2D eigenvalue weighted by Crippen LogP contribution is -2.54. The van der Waals surface area contributed by atoms with E-state index in [0.29, 0.717) is 54.5 Å². The first kappa shape index (κ1) is 25.9. The van der Waals surface area contributed by atoms with Crippen LogP contribution in [0.1, 0.15) is 46.5 Å². The molecule has 0 atom stereocenters. The molecule has 10 nitrogen and oxygen atoms in total. The molecule has 39 heavy (non-hydrogen) atoms. The maximum absolute atomic E-state index is 14.7. The van der Waals surface area contributed by atoms with Crippen molar-refractivity contribution in [1.29, 1.82) is 0 Å². The summed E-state index contributed by atoms with van der Waals surface area (Å²) in [6, 6.07) is 1.20. The van der Waals surface area contributed by atoms with Crippen LogP contribution >= 0.6 is 0 Å². The van der Waals surface area contributed by atoms with Crippen LogP contribution in [0.2, 0.25) is 0 Å². The number of pyridine rings is 1. The van der Waals surface area contributed by atoms with E-state index in [9.17, 15) is 18.0 Å². The second-order valence-corrected chi connectivity index (χ2v) is 11.5. The van der Waals surface area contributed by atoms with Crippen molar-refractivity contribution in [3.63, 3.8) is 0 Å². The third-order valence-corrected chi connectivity index (χ3v) is 7.82. The Morgan fingerprint density at radius 1 is 1.23 bits per heavy atom. The number of likely N-dealkylation sites (tertiary alicyclic amines) is 1. The average Bonchev–Trinajstić information content (AvgIpc) is 3.34. The number of aromatic amines is 1. The molecule has 0 unspecified atom stereocenters. The van der Waals surface area contributed by atoms with Gasteiger partial charge in [0.2, 0.25) is 0 Å². The summed E-state index contributed by atoms with van der Waals surface area (Å²) in [6.45, 7) is 6.40. The zero-order valence-corrected chi connectivity index (χ0v) is 22.3. The topological polar surface area (TPSA) is 104 Å². The first-order chi connectivity index (χ1) is 18.5. The van der Waals surface area contributed by atoms with E-state index in [2.05, 4.69) is 25.4 Å². The van der Waals surface area contributed by atoms with Gasteiger partial charge in [0.1, 0.15) is 11.4 Å². The number of amides is 2. The number of nitrogens with zero attached hydrogens (tertiary/aromatic N) is 6. The Balaban J connectivity index is 1.29. The van der Waals surface area contributed by atoms with Crippen LogP contribution in [0.15, 0.2) is 18.5 Å². The van der Waals surface area contributed by atoms with Gasteiger partial charge in [-0.25, -0.2) is 18.0 Å². The number of alkyl halides is 3. The van der Waals surface area contributed by atoms with Crippen molar-refractivity contribution >= 4 is 28.4 Å². The summed E-state index contributed by atoms with van der Waals surface area (Å²) < 4.78 is 50.4. The summed E-state index contributed by atoms with van der Waals surface area (Å²) in [6.07, 6.45) is 4.79. The number of urea groups is 1. The molecule has 2 saturated heterocycles. The predicted molar refractivity (Wildman–Crippen MR) is 140 cm³/mol. The quantitative estimate of drug-likeness (QED) is 0.449. The number of piperidine rings is 1. The van der Waals surface area contributed by atoms with Crippen LogP contribution in [0.5, 0.6) is 0 Å². The number of fused-ring (bicyclic) bond motifs is 1. The number of carbonyl (C=O) groups excluding carboxylic acids is 1. The maximum atomic E-state index is 14.7. The van der Waals surface area contributed by atoms with E-state index in [1.165, 1.54) is 24.9 Å². The van der Waals surface area contributed by atoms with Crippen LogP contribution in [0.4, 0.5) is 29.5 Å². The average molecular weight is 547 g/mol. The summed E-state index contributed by atoms with van der Waals surface area (Å²) in [5.74, 6) is -2.20. The van der Waals surface area contributed by atoms with Gasteiger partial charge >= 0.3 is 6.03 Å². The van der Waals surface area contributed by atoms with Gasteiger partial charge in [0.25, 0.3) is 5.92 Å². The van der Waals surface area contributed by atoms with E-state index < -0.39 is 29.7 Å². The highest BCUT2D eigenvalue weighted by Crippen LogP contribution is 2.51. The minimum Gasteiger partial charge on any atom is -0.375 e. The fraction of sp³-hybridized carbons (Fsp3) is 0.615. The number of anilines is 2. The molecule has 0 radical (unpaired) electrons. The number of carbonyl (C=O) groups is 1. The molecule has 1 spiro atoms. The van der Waals surface area contributed by atoms with Crippen molar-refractivity contribution in [3.8, 4) is 11.4 Å². The van der Waals surface area contributed by atoms with Gasteiger partial charge in [0.05, 0.1) is 47.7 Å². The van der Waals surface area contributed by atoms with Crippen molar-refractivity contribution in [1.82, 2.24) is 29.9 Å². The van der Waals surface area contributed by atoms with Gasteiger partial charge in [0.15, 0.2) is 5.82 Å². The number of halogens is 3. The van der Waals surface area contributed by atoms with Gasteiger partial charge in [-0.2, -0.15) is 10.2 Å². The number of nitrogens with one attached hydrogen (secondary N) is 2. The van der Waals surface area contributed by atoms with Crippen molar-refractivity contribution in [2.24, 2.45) is 0 Å². The van der Waals surface area contributed by atoms with E-state index in [4.69, 9.17) is 9.84 Å². The molecule has 3 aromatic heterocycles. The molecule has 2 aliphatic heterocycles. The van der Waals surface area contributed by atoms with E-state index in [0.717, 1.165) is 18.2 Å². The van der Waals surface area contributed by atoms with Gasteiger partial charge in [-0.3, -0.25) is 14.8 Å². The first-order valence-electron chi connectivity index (χ1n) is 13.4. The van der Waals surface area contributed by atoms with Crippen LogP contribution in [0.3, 0.4) is 0 Å². The number of hydrogen-bond acceptors (Lipinski definition) is 6. The van der Waals surface area contributed by atoms with Gasteiger partial charge in [-0.15, -0.1) is 0 Å². The summed E-state index contributed by atoms with van der Waals surface area (Å²) in [7, 11) is 0. The van der Waals surface area contributed by atoms with Gasteiger partial charge in [0, 0.05) is 37.9 Å². The second kappa shape index (κ2) is 9.10. The van der Waals surface area contributed by atoms with E-state index in [1.807, 2.05) is 6.92 Å². The highest BCUT2D eigenvalue weighted by molar-refractivity contribution is 5.96. The predicted octanol–water partition coefficient (Wildman–Crippen LogP) is 4.59. The zero-order valence-electron chi connectivity index (χ0n) is 22.3. The molecule has 5 heterocycles. The first-order valence-corrected chi connectivity index (χ1v) is 13.4. The number of hydrogen-bond donors (Lipinski definition) is 2. The highest BCUT2D eigenvalue weighted by atomic mass is 19.3. The molecule has 3 aliphatic rings. The lowest BCUT2D eigenvalue weighted by molar-refractivity contribution is -0.0721. The molecule has 0 aromatic carbocycles. The minimum atomic E-state index is -2.91. The Labute approximate surface area is 223 Å². The van der Waals surface area contributed by atoms with Crippen molar-refractivity contribution in [2.45, 2.75) is 76.2 Å².